The molecule has 0 radical (unpaired) electrons. The van der Waals surface area contributed by atoms with Crippen molar-refractivity contribution in [2.24, 2.45) is 0 Å². The minimum absolute atomic E-state index is 0.116. The van der Waals surface area contributed by atoms with Crippen molar-refractivity contribution < 1.29 is 4.79 Å². The summed E-state index contributed by atoms with van der Waals surface area (Å²) in [5.74, 6) is 0.503. The van der Waals surface area contributed by atoms with Crippen LogP contribution in [-0.4, -0.2) is 28.6 Å². The van der Waals surface area contributed by atoms with Crippen molar-refractivity contribution in [1.29, 1.82) is 5.41 Å². The van der Waals surface area contributed by atoms with Gasteiger partial charge in [-0.1, -0.05) is 30.3 Å². The number of carbonyl (C=O) groups is 1. The van der Waals surface area contributed by atoms with Gasteiger partial charge in [-0.2, -0.15) is 0 Å². The number of anilines is 1. The Bertz CT molecular complexity index is 712. The first-order valence-electron chi connectivity index (χ1n) is 7.27. The van der Waals surface area contributed by atoms with Crippen molar-refractivity contribution in [1.82, 2.24) is 9.88 Å². The number of amides is 1. The normalized spacial score (nSPS) is 13.5. The first-order valence-corrected chi connectivity index (χ1v) is 7.27. The number of benzene rings is 1. The Hall–Kier alpha value is -2.69. The summed E-state index contributed by atoms with van der Waals surface area (Å²) in [6, 6.07) is 9.75. The lowest BCUT2D eigenvalue weighted by Crippen LogP contribution is -2.37. The standard InChI is InChI=1S/C17H18N4O/c18-9-15-14-6-7-21(11-13(14)10-20-17(15)19)16(22)8-12-4-2-1-3-5-12/h1-5,9-10,18H,6-8,11H2,(H2,19,20). The highest BCUT2D eigenvalue weighted by atomic mass is 16.2. The lowest BCUT2D eigenvalue weighted by Gasteiger charge is -2.30. The number of nitrogen functional groups attached to an aromatic ring is 1. The van der Waals surface area contributed by atoms with Crippen LogP contribution in [0.5, 0.6) is 0 Å². The van der Waals surface area contributed by atoms with Gasteiger partial charge in [0, 0.05) is 31.1 Å². The Kier molecular flexibility index (Phi) is 3.87. The Balaban J connectivity index is 1.77. The summed E-state index contributed by atoms with van der Waals surface area (Å²) in [7, 11) is 0. The number of pyridine rings is 1. The van der Waals surface area contributed by atoms with Crippen LogP contribution >= 0.6 is 0 Å². The van der Waals surface area contributed by atoms with Gasteiger partial charge in [-0.15, -0.1) is 0 Å². The van der Waals surface area contributed by atoms with Crippen molar-refractivity contribution in [3.8, 4) is 0 Å². The number of nitrogens with zero attached hydrogens (tertiary/aromatic N) is 2. The van der Waals surface area contributed by atoms with E-state index in [1.807, 2.05) is 35.2 Å². The molecule has 0 saturated heterocycles. The fraction of sp³-hybridized carbons (Fsp3) is 0.235. The lowest BCUT2D eigenvalue weighted by atomic mass is 9.96. The number of carbonyl (C=O) groups excluding carboxylic acids is 1. The Labute approximate surface area is 129 Å². The molecular weight excluding hydrogens is 276 g/mol. The highest BCUT2D eigenvalue weighted by Gasteiger charge is 2.23. The van der Waals surface area contributed by atoms with E-state index in [2.05, 4.69) is 4.98 Å². The van der Waals surface area contributed by atoms with E-state index in [9.17, 15) is 4.79 Å². The maximum absolute atomic E-state index is 12.4. The number of aromatic nitrogens is 1. The molecular formula is C17H18N4O. The third-order valence-corrected chi connectivity index (χ3v) is 4.04. The van der Waals surface area contributed by atoms with Crippen LogP contribution in [-0.2, 0) is 24.2 Å². The molecule has 1 aliphatic rings. The Morgan fingerprint density at radius 1 is 1.36 bits per heavy atom. The largest absolute Gasteiger partial charge is 0.383 e. The van der Waals surface area contributed by atoms with E-state index in [1.165, 1.54) is 6.21 Å². The SMILES string of the molecule is N=Cc1c(N)ncc2c1CCN(C(=O)Cc1ccccc1)C2. The predicted octanol–water partition coefficient (Wildman–Crippen LogP) is 1.79. The highest BCUT2D eigenvalue weighted by Crippen LogP contribution is 2.24. The second kappa shape index (κ2) is 5.97. The Morgan fingerprint density at radius 2 is 2.14 bits per heavy atom. The molecule has 2 heterocycles. The van der Waals surface area contributed by atoms with Crippen molar-refractivity contribution in [3.63, 3.8) is 0 Å². The van der Waals surface area contributed by atoms with E-state index in [-0.39, 0.29) is 5.91 Å². The summed E-state index contributed by atoms with van der Waals surface area (Å²) in [6.07, 6.45) is 4.10. The van der Waals surface area contributed by atoms with Gasteiger partial charge in [-0.25, -0.2) is 4.98 Å². The van der Waals surface area contributed by atoms with E-state index in [0.29, 0.717) is 37.3 Å². The van der Waals surface area contributed by atoms with Gasteiger partial charge in [0.1, 0.15) is 5.82 Å². The molecule has 1 aromatic carbocycles. The van der Waals surface area contributed by atoms with Crippen LogP contribution in [0.4, 0.5) is 5.82 Å². The Morgan fingerprint density at radius 3 is 2.86 bits per heavy atom. The first kappa shape index (κ1) is 14.3. The molecule has 5 nitrogen and oxygen atoms in total. The average molecular weight is 294 g/mol. The molecule has 3 N–H and O–H groups in total. The first-order chi connectivity index (χ1) is 10.7. The summed E-state index contributed by atoms with van der Waals surface area (Å²) in [5, 5.41) is 7.48. The summed E-state index contributed by atoms with van der Waals surface area (Å²) < 4.78 is 0. The van der Waals surface area contributed by atoms with Crippen LogP contribution in [0.15, 0.2) is 36.5 Å². The zero-order valence-corrected chi connectivity index (χ0v) is 12.2. The van der Waals surface area contributed by atoms with Gasteiger partial charge in [0.05, 0.1) is 6.42 Å². The minimum atomic E-state index is 0.116. The molecule has 1 amide bonds. The third kappa shape index (κ3) is 2.70. The number of hydrogen-bond acceptors (Lipinski definition) is 4. The van der Waals surface area contributed by atoms with Gasteiger partial charge in [-0.3, -0.25) is 4.79 Å². The van der Waals surface area contributed by atoms with Crippen molar-refractivity contribution in [2.75, 3.05) is 12.3 Å². The zero-order valence-electron chi connectivity index (χ0n) is 12.2. The van der Waals surface area contributed by atoms with E-state index in [0.717, 1.165) is 16.7 Å². The molecule has 0 bridgehead atoms. The molecule has 0 saturated carbocycles. The summed E-state index contributed by atoms with van der Waals surface area (Å²) in [6.45, 7) is 1.19. The third-order valence-electron chi connectivity index (χ3n) is 4.04. The molecule has 0 atom stereocenters. The average Bonchev–Trinajstić information content (AvgIpc) is 2.55. The molecule has 5 heteroatoms. The molecule has 0 unspecified atom stereocenters. The van der Waals surface area contributed by atoms with E-state index < -0.39 is 0 Å². The predicted molar refractivity (Wildman–Crippen MR) is 85.8 cm³/mol. The van der Waals surface area contributed by atoms with Gasteiger partial charge in [0.2, 0.25) is 5.91 Å². The quantitative estimate of drug-likeness (QED) is 0.847. The molecule has 1 aliphatic heterocycles. The van der Waals surface area contributed by atoms with Crippen LogP contribution < -0.4 is 5.73 Å². The van der Waals surface area contributed by atoms with E-state index >= 15 is 0 Å². The van der Waals surface area contributed by atoms with Gasteiger partial charge in [0.15, 0.2) is 0 Å². The maximum atomic E-state index is 12.4. The van der Waals surface area contributed by atoms with Crippen LogP contribution in [0.1, 0.15) is 22.3 Å². The van der Waals surface area contributed by atoms with Crippen molar-refractivity contribution in [3.05, 3.63) is 58.8 Å². The van der Waals surface area contributed by atoms with Crippen LogP contribution in [0, 0.1) is 5.41 Å². The molecule has 112 valence electrons. The van der Waals surface area contributed by atoms with Gasteiger partial charge in [-0.05, 0) is 23.1 Å². The highest BCUT2D eigenvalue weighted by molar-refractivity contribution is 5.86. The zero-order chi connectivity index (χ0) is 15.5. The van der Waals surface area contributed by atoms with Gasteiger partial charge < -0.3 is 16.0 Å². The van der Waals surface area contributed by atoms with E-state index in [1.54, 1.807) is 6.20 Å². The van der Waals surface area contributed by atoms with Gasteiger partial charge >= 0.3 is 0 Å². The van der Waals surface area contributed by atoms with Crippen LogP contribution in [0.3, 0.4) is 0 Å². The minimum Gasteiger partial charge on any atom is -0.383 e. The van der Waals surface area contributed by atoms with Gasteiger partial charge in [0.25, 0.3) is 0 Å². The van der Waals surface area contributed by atoms with E-state index in [4.69, 9.17) is 11.1 Å². The molecule has 22 heavy (non-hydrogen) atoms. The molecule has 2 aromatic rings. The molecule has 0 aliphatic carbocycles. The van der Waals surface area contributed by atoms with Crippen molar-refractivity contribution >= 4 is 17.9 Å². The lowest BCUT2D eigenvalue weighted by molar-refractivity contribution is -0.131. The smallest absolute Gasteiger partial charge is 0.227 e. The van der Waals surface area contributed by atoms with Crippen molar-refractivity contribution in [2.45, 2.75) is 19.4 Å². The number of nitrogens with two attached hydrogens (primary N) is 1. The van der Waals surface area contributed by atoms with Crippen LogP contribution in [0.25, 0.3) is 0 Å². The summed E-state index contributed by atoms with van der Waals surface area (Å²) >= 11 is 0. The second-order valence-corrected chi connectivity index (χ2v) is 5.43. The van der Waals surface area contributed by atoms with Crippen LogP contribution in [0.2, 0.25) is 0 Å². The topological polar surface area (TPSA) is 83.1 Å². The molecule has 3 rings (SSSR count). The monoisotopic (exact) mass is 294 g/mol. The number of rotatable bonds is 3. The summed E-state index contributed by atoms with van der Waals surface area (Å²) in [5.41, 5.74) is 9.55. The fourth-order valence-corrected chi connectivity index (χ4v) is 2.84. The molecule has 1 aromatic heterocycles. The molecule has 0 fully saturated rings. The molecule has 0 spiro atoms. The summed E-state index contributed by atoms with van der Waals surface area (Å²) in [4.78, 5) is 18.4. The number of nitrogens with one attached hydrogen (secondary N) is 1. The number of hydrogen-bond donors (Lipinski definition) is 2. The second-order valence-electron chi connectivity index (χ2n) is 5.43. The number of fused-ring (bicyclic) bond motifs is 1. The maximum Gasteiger partial charge on any atom is 0.227 e. The fourth-order valence-electron chi connectivity index (χ4n) is 2.84.